The summed E-state index contributed by atoms with van der Waals surface area (Å²) in [7, 11) is 0. The second kappa shape index (κ2) is 5.69. The van der Waals surface area contributed by atoms with Crippen LogP contribution >= 0.6 is 0 Å². The van der Waals surface area contributed by atoms with Gasteiger partial charge in [0.05, 0.1) is 12.8 Å². The van der Waals surface area contributed by atoms with E-state index < -0.39 is 0 Å². The van der Waals surface area contributed by atoms with E-state index in [1.807, 2.05) is 12.1 Å². The molecule has 17 heavy (non-hydrogen) atoms. The van der Waals surface area contributed by atoms with Gasteiger partial charge in [-0.3, -0.25) is 4.90 Å². The molecule has 1 aliphatic rings. The maximum absolute atomic E-state index is 9.64. The third-order valence-corrected chi connectivity index (χ3v) is 3.97. The fourth-order valence-corrected chi connectivity index (χ4v) is 2.87. The van der Waals surface area contributed by atoms with Gasteiger partial charge in [-0.25, -0.2) is 0 Å². The first-order valence-corrected chi connectivity index (χ1v) is 6.63. The number of nitrogens with zero attached hydrogens (tertiary/aromatic N) is 1. The molecule has 96 valence electrons. The van der Waals surface area contributed by atoms with Gasteiger partial charge in [0, 0.05) is 18.6 Å². The van der Waals surface area contributed by atoms with E-state index in [1.165, 1.54) is 12.8 Å². The van der Waals surface area contributed by atoms with Gasteiger partial charge in [-0.1, -0.05) is 19.8 Å². The standard InChI is InChI=1S/C14H23NO2/c1-2-15(10-13-6-5-9-17-13)11-14(12-16)7-3-4-8-14/h5-6,9,16H,2-4,7-8,10-12H2,1H3. The third-order valence-electron chi connectivity index (χ3n) is 3.97. The minimum Gasteiger partial charge on any atom is -0.468 e. The molecule has 1 N–H and O–H groups in total. The van der Waals surface area contributed by atoms with E-state index in [4.69, 9.17) is 4.42 Å². The summed E-state index contributed by atoms with van der Waals surface area (Å²) in [6, 6.07) is 3.95. The molecule has 0 radical (unpaired) electrons. The van der Waals surface area contributed by atoms with Crippen LogP contribution in [0.2, 0.25) is 0 Å². The summed E-state index contributed by atoms with van der Waals surface area (Å²) in [5.41, 5.74) is 0.141. The zero-order valence-electron chi connectivity index (χ0n) is 10.7. The van der Waals surface area contributed by atoms with Gasteiger partial charge < -0.3 is 9.52 Å². The van der Waals surface area contributed by atoms with Crippen molar-refractivity contribution in [1.82, 2.24) is 4.90 Å². The Morgan fingerprint density at radius 3 is 2.71 bits per heavy atom. The van der Waals surface area contributed by atoms with E-state index in [-0.39, 0.29) is 5.41 Å². The smallest absolute Gasteiger partial charge is 0.117 e. The predicted octanol–water partition coefficient (Wildman–Crippen LogP) is 2.65. The molecule has 1 heterocycles. The molecule has 1 aromatic rings. The lowest BCUT2D eigenvalue weighted by molar-refractivity contribution is 0.0744. The van der Waals surface area contributed by atoms with Crippen molar-refractivity contribution in [2.75, 3.05) is 19.7 Å². The summed E-state index contributed by atoms with van der Waals surface area (Å²) < 4.78 is 5.39. The molecule has 1 aromatic heterocycles. The quantitative estimate of drug-likeness (QED) is 0.826. The molecule has 0 atom stereocenters. The molecule has 0 bridgehead atoms. The molecule has 1 aliphatic carbocycles. The van der Waals surface area contributed by atoms with E-state index in [0.717, 1.165) is 38.2 Å². The number of aliphatic hydroxyl groups is 1. The van der Waals surface area contributed by atoms with E-state index in [1.54, 1.807) is 6.26 Å². The zero-order valence-corrected chi connectivity index (χ0v) is 10.7. The van der Waals surface area contributed by atoms with Gasteiger partial charge in [-0.2, -0.15) is 0 Å². The number of hydrogen-bond acceptors (Lipinski definition) is 3. The van der Waals surface area contributed by atoms with Crippen LogP contribution in [0.3, 0.4) is 0 Å². The van der Waals surface area contributed by atoms with Crippen LogP contribution in [0.15, 0.2) is 22.8 Å². The molecule has 0 unspecified atom stereocenters. The Hall–Kier alpha value is -0.800. The summed E-state index contributed by atoms with van der Waals surface area (Å²) in [5, 5.41) is 9.64. The minimum absolute atomic E-state index is 0.141. The molecule has 2 rings (SSSR count). The van der Waals surface area contributed by atoms with Gasteiger partial charge in [0.2, 0.25) is 0 Å². The zero-order chi connectivity index (χ0) is 12.1. The first-order valence-electron chi connectivity index (χ1n) is 6.63. The van der Waals surface area contributed by atoms with Crippen LogP contribution in [0.5, 0.6) is 0 Å². The monoisotopic (exact) mass is 237 g/mol. The van der Waals surface area contributed by atoms with Crippen molar-refractivity contribution in [3.8, 4) is 0 Å². The van der Waals surface area contributed by atoms with Crippen LogP contribution < -0.4 is 0 Å². The van der Waals surface area contributed by atoms with Crippen molar-refractivity contribution in [3.05, 3.63) is 24.2 Å². The van der Waals surface area contributed by atoms with Crippen molar-refractivity contribution >= 4 is 0 Å². The van der Waals surface area contributed by atoms with Crippen LogP contribution in [0.1, 0.15) is 38.4 Å². The maximum atomic E-state index is 9.64. The Morgan fingerprint density at radius 2 is 2.18 bits per heavy atom. The lowest BCUT2D eigenvalue weighted by atomic mass is 9.86. The van der Waals surface area contributed by atoms with E-state index in [2.05, 4.69) is 11.8 Å². The van der Waals surface area contributed by atoms with Gasteiger partial charge >= 0.3 is 0 Å². The molecule has 0 amide bonds. The normalized spacial score (nSPS) is 19.0. The number of aliphatic hydroxyl groups excluding tert-OH is 1. The van der Waals surface area contributed by atoms with Crippen LogP contribution in [0.25, 0.3) is 0 Å². The molecule has 3 nitrogen and oxygen atoms in total. The summed E-state index contributed by atoms with van der Waals surface area (Å²) in [5.74, 6) is 1.01. The number of furan rings is 1. The minimum atomic E-state index is 0.141. The highest BCUT2D eigenvalue weighted by Crippen LogP contribution is 2.38. The molecule has 0 saturated heterocycles. The van der Waals surface area contributed by atoms with Crippen molar-refractivity contribution in [3.63, 3.8) is 0 Å². The molecule has 0 aromatic carbocycles. The second-order valence-corrected chi connectivity index (χ2v) is 5.25. The van der Waals surface area contributed by atoms with Gasteiger partial charge in [0.25, 0.3) is 0 Å². The summed E-state index contributed by atoms with van der Waals surface area (Å²) in [6.07, 6.45) is 6.58. The molecule has 0 spiro atoms. The number of rotatable bonds is 6. The van der Waals surface area contributed by atoms with E-state index >= 15 is 0 Å². The van der Waals surface area contributed by atoms with Crippen molar-refractivity contribution in [2.24, 2.45) is 5.41 Å². The molecule has 1 saturated carbocycles. The predicted molar refractivity (Wildman–Crippen MR) is 67.6 cm³/mol. The SMILES string of the molecule is CCN(Cc1ccco1)CC1(CO)CCCC1. The highest BCUT2D eigenvalue weighted by Gasteiger charge is 2.34. The lowest BCUT2D eigenvalue weighted by Gasteiger charge is -2.33. The average molecular weight is 237 g/mol. The maximum Gasteiger partial charge on any atom is 0.117 e. The number of hydrogen-bond donors (Lipinski definition) is 1. The van der Waals surface area contributed by atoms with Crippen LogP contribution in [0.4, 0.5) is 0 Å². The Balaban J connectivity index is 1.94. The van der Waals surface area contributed by atoms with E-state index in [0.29, 0.717) is 6.61 Å². The largest absolute Gasteiger partial charge is 0.468 e. The highest BCUT2D eigenvalue weighted by molar-refractivity contribution is 4.98. The highest BCUT2D eigenvalue weighted by atomic mass is 16.3. The summed E-state index contributed by atoms with van der Waals surface area (Å²) in [6.45, 7) is 5.33. The van der Waals surface area contributed by atoms with Crippen LogP contribution in [-0.4, -0.2) is 29.7 Å². The first-order chi connectivity index (χ1) is 8.28. The molecular weight excluding hydrogens is 214 g/mol. The fourth-order valence-electron chi connectivity index (χ4n) is 2.87. The van der Waals surface area contributed by atoms with Gasteiger partial charge in [0.1, 0.15) is 5.76 Å². The first kappa shape index (κ1) is 12.7. The van der Waals surface area contributed by atoms with Gasteiger partial charge in [-0.15, -0.1) is 0 Å². The van der Waals surface area contributed by atoms with Crippen molar-refractivity contribution < 1.29 is 9.52 Å². The van der Waals surface area contributed by atoms with Crippen molar-refractivity contribution in [1.29, 1.82) is 0 Å². The third kappa shape index (κ3) is 3.11. The van der Waals surface area contributed by atoms with Gasteiger partial charge in [0.15, 0.2) is 0 Å². The lowest BCUT2D eigenvalue weighted by Crippen LogP contribution is -2.38. The second-order valence-electron chi connectivity index (χ2n) is 5.25. The summed E-state index contributed by atoms with van der Waals surface area (Å²) >= 11 is 0. The Labute approximate surface area is 103 Å². The molecule has 0 aliphatic heterocycles. The van der Waals surface area contributed by atoms with Crippen LogP contribution in [0, 0.1) is 5.41 Å². The van der Waals surface area contributed by atoms with Crippen LogP contribution in [-0.2, 0) is 6.54 Å². The van der Waals surface area contributed by atoms with E-state index in [9.17, 15) is 5.11 Å². The Bertz CT molecular complexity index is 315. The molecule has 3 heteroatoms. The summed E-state index contributed by atoms with van der Waals surface area (Å²) in [4.78, 5) is 2.38. The topological polar surface area (TPSA) is 36.6 Å². The molecule has 1 fully saturated rings. The molecular formula is C14H23NO2. The Kier molecular flexibility index (Phi) is 4.24. The Morgan fingerprint density at radius 1 is 1.41 bits per heavy atom. The van der Waals surface area contributed by atoms with Gasteiger partial charge in [-0.05, 0) is 31.5 Å². The van der Waals surface area contributed by atoms with Crippen molar-refractivity contribution in [2.45, 2.75) is 39.2 Å². The fraction of sp³-hybridized carbons (Fsp3) is 0.714. The average Bonchev–Trinajstić information content (AvgIpc) is 3.00.